The number of hydrogen-bond acceptors (Lipinski definition) is 7. The van der Waals surface area contributed by atoms with Gasteiger partial charge in [0.05, 0.1) is 11.9 Å². The van der Waals surface area contributed by atoms with Crippen molar-refractivity contribution in [3.63, 3.8) is 0 Å². The second-order valence-corrected chi connectivity index (χ2v) is 10.5. The molecule has 0 unspecified atom stereocenters. The SMILES string of the molecule is [2H]C([2H])([2H])N1[C@@H]2CC[C@H]1CN(c1ccc(Nc3ncc4cc(C(=O)N(C)C)n(C5CCCC5)c4n3)nc1)C(=O)C2. The third kappa shape index (κ3) is 4.33. The number of aromatic nitrogens is 4. The van der Waals surface area contributed by atoms with E-state index in [9.17, 15) is 9.59 Å². The topological polar surface area (TPSA) is 99.5 Å². The summed E-state index contributed by atoms with van der Waals surface area (Å²) in [6.07, 6.45) is 9.27. The van der Waals surface area contributed by atoms with Crippen LogP contribution >= 0.6 is 0 Å². The molecule has 1 saturated carbocycles. The van der Waals surface area contributed by atoms with Crippen LogP contribution in [0.25, 0.3) is 11.0 Å². The van der Waals surface area contributed by atoms with Crippen LogP contribution in [0, 0.1) is 0 Å². The second kappa shape index (κ2) is 9.41. The number of amides is 2. The summed E-state index contributed by atoms with van der Waals surface area (Å²) >= 11 is 0. The van der Waals surface area contributed by atoms with Gasteiger partial charge >= 0.3 is 0 Å². The molecule has 2 saturated heterocycles. The van der Waals surface area contributed by atoms with Gasteiger partial charge in [0.15, 0.2) is 0 Å². The number of nitrogens with one attached hydrogen (secondary N) is 1. The fraction of sp³-hybridized carbons (Fsp3) is 0.519. The van der Waals surface area contributed by atoms with Gasteiger partial charge in [-0.2, -0.15) is 4.98 Å². The number of anilines is 3. The Bertz CT molecular complexity index is 1430. The molecule has 194 valence electrons. The van der Waals surface area contributed by atoms with Gasteiger partial charge in [-0.3, -0.25) is 14.5 Å². The van der Waals surface area contributed by atoms with E-state index in [-0.39, 0.29) is 36.4 Å². The van der Waals surface area contributed by atoms with Gasteiger partial charge in [-0.05, 0) is 50.9 Å². The molecule has 0 spiro atoms. The first-order valence-corrected chi connectivity index (χ1v) is 13.0. The van der Waals surface area contributed by atoms with Crippen molar-refractivity contribution in [2.75, 3.05) is 37.8 Å². The maximum absolute atomic E-state index is 13.0. The summed E-state index contributed by atoms with van der Waals surface area (Å²) in [5.74, 6) is 0.730. The van der Waals surface area contributed by atoms with Crippen molar-refractivity contribution in [1.82, 2.24) is 29.3 Å². The van der Waals surface area contributed by atoms with Gasteiger partial charge in [-0.1, -0.05) is 12.8 Å². The summed E-state index contributed by atoms with van der Waals surface area (Å²) in [5, 5.41) is 3.97. The van der Waals surface area contributed by atoms with Crippen LogP contribution in [0.3, 0.4) is 0 Å². The quantitative estimate of drug-likeness (QED) is 0.566. The number of nitrogens with zero attached hydrogens (tertiary/aromatic N) is 7. The molecule has 37 heavy (non-hydrogen) atoms. The van der Waals surface area contributed by atoms with Gasteiger partial charge in [-0.15, -0.1) is 0 Å². The number of hydrogen-bond donors (Lipinski definition) is 1. The molecule has 10 heteroatoms. The van der Waals surface area contributed by atoms with Gasteiger partial charge in [0, 0.05) is 60.9 Å². The van der Waals surface area contributed by atoms with Crippen molar-refractivity contribution < 1.29 is 13.7 Å². The van der Waals surface area contributed by atoms with Crippen molar-refractivity contribution in [1.29, 1.82) is 0 Å². The van der Waals surface area contributed by atoms with Crippen molar-refractivity contribution in [3.8, 4) is 0 Å². The Morgan fingerprint density at radius 1 is 1.08 bits per heavy atom. The number of rotatable bonds is 5. The zero-order chi connectivity index (χ0) is 28.2. The van der Waals surface area contributed by atoms with Crippen molar-refractivity contribution in [2.24, 2.45) is 0 Å². The molecule has 3 aromatic rings. The Kier molecular flexibility index (Phi) is 5.22. The molecule has 6 rings (SSSR count). The predicted molar refractivity (Wildman–Crippen MR) is 142 cm³/mol. The first-order valence-electron chi connectivity index (χ1n) is 14.5. The fourth-order valence-corrected chi connectivity index (χ4v) is 5.94. The van der Waals surface area contributed by atoms with Crippen molar-refractivity contribution in [2.45, 2.75) is 63.1 Å². The second-order valence-electron chi connectivity index (χ2n) is 10.5. The maximum Gasteiger partial charge on any atom is 0.270 e. The van der Waals surface area contributed by atoms with E-state index >= 15 is 0 Å². The Hall–Kier alpha value is -3.53. The highest BCUT2D eigenvalue weighted by Gasteiger charge is 2.38. The molecule has 5 heterocycles. The van der Waals surface area contributed by atoms with E-state index in [1.54, 1.807) is 53.3 Å². The van der Waals surface area contributed by atoms with Gasteiger partial charge in [-0.25, -0.2) is 9.97 Å². The lowest BCUT2D eigenvalue weighted by atomic mass is 10.1. The summed E-state index contributed by atoms with van der Waals surface area (Å²) in [6.45, 7) is -1.89. The van der Waals surface area contributed by atoms with Crippen molar-refractivity contribution in [3.05, 3.63) is 36.3 Å². The number of likely N-dealkylation sites (N-methyl/N-ethyl adjacent to an activating group) is 1. The lowest BCUT2D eigenvalue weighted by Gasteiger charge is -2.25. The number of carbonyl (C=O) groups excluding carboxylic acids is 2. The minimum Gasteiger partial charge on any atom is -0.343 e. The van der Waals surface area contributed by atoms with E-state index in [1.165, 1.54) is 0 Å². The summed E-state index contributed by atoms with van der Waals surface area (Å²) in [6, 6.07) is 5.19. The predicted octanol–water partition coefficient (Wildman–Crippen LogP) is 3.59. The lowest BCUT2D eigenvalue weighted by Crippen LogP contribution is -2.38. The Morgan fingerprint density at radius 3 is 2.62 bits per heavy atom. The van der Waals surface area contributed by atoms with E-state index < -0.39 is 6.98 Å². The molecule has 10 nitrogen and oxygen atoms in total. The largest absolute Gasteiger partial charge is 0.343 e. The molecule has 3 fully saturated rings. The summed E-state index contributed by atoms with van der Waals surface area (Å²) in [7, 11) is 3.50. The van der Waals surface area contributed by atoms with Crippen LogP contribution in [-0.2, 0) is 4.79 Å². The van der Waals surface area contributed by atoms with Crippen LogP contribution in [0.1, 0.15) is 65.6 Å². The standard InChI is InChI=1S/C27H34N8O2/c1-32(2)26(37)22-12-17-14-29-27(31-25(17)35(22)18-6-4-5-7-18)30-23-11-10-20(15-28-23)34-16-21-9-8-19(33(21)3)13-24(34)36/h10-12,14-15,18-19,21H,4-9,13,16H2,1-3H3,(H,28,29,30,31)/t19-,21+/m1/s1/i3D3. The smallest absolute Gasteiger partial charge is 0.270 e. The molecule has 2 aliphatic heterocycles. The minimum absolute atomic E-state index is 0.0602. The third-order valence-electron chi connectivity index (χ3n) is 7.91. The Morgan fingerprint density at radius 2 is 1.89 bits per heavy atom. The molecule has 3 aromatic heterocycles. The normalized spacial score (nSPS) is 24.1. The zero-order valence-electron chi connectivity index (χ0n) is 24.2. The first-order chi connectivity index (χ1) is 19.1. The number of fused-ring (bicyclic) bond motifs is 3. The zero-order valence-corrected chi connectivity index (χ0v) is 21.2. The fourth-order valence-electron chi connectivity index (χ4n) is 5.94. The van der Waals surface area contributed by atoms with E-state index in [4.69, 9.17) is 9.10 Å². The van der Waals surface area contributed by atoms with Crippen LogP contribution in [0.5, 0.6) is 0 Å². The van der Waals surface area contributed by atoms with Crippen LogP contribution in [0.15, 0.2) is 30.6 Å². The molecule has 1 aliphatic carbocycles. The molecule has 0 aromatic carbocycles. The Balaban J connectivity index is 1.24. The highest BCUT2D eigenvalue weighted by molar-refractivity contribution is 5.98. The molecule has 0 radical (unpaired) electrons. The average Bonchev–Trinajstić information content (AvgIpc) is 3.63. The van der Waals surface area contributed by atoms with Gasteiger partial charge in [0.2, 0.25) is 11.9 Å². The average molecular weight is 506 g/mol. The van der Waals surface area contributed by atoms with Gasteiger partial charge < -0.3 is 19.7 Å². The molecule has 2 amide bonds. The molecule has 3 aliphatic rings. The number of carbonyl (C=O) groups is 2. The van der Waals surface area contributed by atoms with Gasteiger partial charge in [0.25, 0.3) is 5.91 Å². The maximum atomic E-state index is 13.0. The van der Waals surface area contributed by atoms with Crippen LogP contribution in [0.4, 0.5) is 17.5 Å². The van der Waals surface area contributed by atoms with Crippen LogP contribution < -0.4 is 10.2 Å². The first kappa shape index (κ1) is 20.5. The molecule has 2 atom stereocenters. The van der Waals surface area contributed by atoms with Crippen LogP contribution in [-0.4, -0.2) is 80.8 Å². The van der Waals surface area contributed by atoms with E-state index in [0.29, 0.717) is 29.7 Å². The molecule has 1 N–H and O–H groups in total. The lowest BCUT2D eigenvalue weighted by molar-refractivity contribution is -0.119. The van der Waals surface area contributed by atoms with E-state index in [2.05, 4.69) is 19.9 Å². The van der Waals surface area contributed by atoms with Crippen molar-refractivity contribution >= 4 is 40.3 Å². The highest BCUT2D eigenvalue weighted by Crippen LogP contribution is 2.35. The highest BCUT2D eigenvalue weighted by atomic mass is 16.2. The minimum atomic E-state index is -2.21. The molecule has 2 bridgehead atoms. The Labute approximate surface area is 220 Å². The third-order valence-corrected chi connectivity index (χ3v) is 7.91. The molecular weight excluding hydrogens is 468 g/mol. The summed E-state index contributed by atoms with van der Waals surface area (Å²) in [4.78, 5) is 44.5. The number of pyridine rings is 1. The van der Waals surface area contributed by atoms with Crippen LogP contribution in [0.2, 0.25) is 0 Å². The summed E-state index contributed by atoms with van der Waals surface area (Å²) in [5.41, 5.74) is 1.97. The van der Waals surface area contributed by atoms with E-state index in [1.807, 2.05) is 6.07 Å². The van der Waals surface area contributed by atoms with E-state index in [0.717, 1.165) is 49.6 Å². The monoisotopic (exact) mass is 505 g/mol. The summed E-state index contributed by atoms with van der Waals surface area (Å²) < 4.78 is 25.8. The van der Waals surface area contributed by atoms with Gasteiger partial charge in [0.1, 0.15) is 17.2 Å². The molecular formula is C27H34N8O2.